The van der Waals surface area contributed by atoms with Crippen LogP contribution in [-0.4, -0.2) is 57.0 Å². The van der Waals surface area contributed by atoms with Crippen molar-refractivity contribution in [1.82, 2.24) is 9.62 Å². The molecule has 0 aromatic heterocycles. The monoisotopic (exact) mass is 403 g/mol. The van der Waals surface area contributed by atoms with Crippen molar-refractivity contribution >= 4 is 27.5 Å². The SMILES string of the molecule is O=C(Nc1ccc(S(=O)(=O)NC2CC2)cc1)C(=O)N1CC[C@H](OC(F)F)C1. The van der Waals surface area contributed by atoms with Crippen molar-refractivity contribution in [1.29, 1.82) is 0 Å². The number of carbonyl (C=O) groups excluding carboxylic acids is 2. The van der Waals surface area contributed by atoms with Crippen LogP contribution in [0.1, 0.15) is 19.3 Å². The molecule has 27 heavy (non-hydrogen) atoms. The van der Waals surface area contributed by atoms with Crippen LogP contribution in [0.15, 0.2) is 29.2 Å². The van der Waals surface area contributed by atoms with Gasteiger partial charge in [0.15, 0.2) is 0 Å². The van der Waals surface area contributed by atoms with Crippen LogP contribution in [-0.2, 0) is 24.3 Å². The molecule has 1 heterocycles. The summed E-state index contributed by atoms with van der Waals surface area (Å²) in [4.78, 5) is 25.3. The number of sulfonamides is 1. The summed E-state index contributed by atoms with van der Waals surface area (Å²) in [7, 11) is -3.60. The lowest BCUT2D eigenvalue weighted by Crippen LogP contribution is -2.39. The first-order chi connectivity index (χ1) is 12.7. The molecule has 0 unspecified atom stereocenters. The first-order valence-electron chi connectivity index (χ1n) is 8.41. The number of nitrogens with zero attached hydrogens (tertiary/aromatic N) is 1. The predicted molar refractivity (Wildman–Crippen MR) is 90.5 cm³/mol. The molecule has 1 aromatic carbocycles. The van der Waals surface area contributed by atoms with Crippen molar-refractivity contribution in [2.75, 3.05) is 18.4 Å². The molecule has 2 fully saturated rings. The molecule has 1 aromatic rings. The van der Waals surface area contributed by atoms with Gasteiger partial charge in [0.05, 0.1) is 11.0 Å². The number of halogens is 2. The van der Waals surface area contributed by atoms with E-state index in [1.54, 1.807) is 0 Å². The second-order valence-electron chi connectivity index (χ2n) is 6.43. The fourth-order valence-electron chi connectivity index (χ4n) is 2.70. The van der Waals surface area contributed by atoms with E-state index in [-0.39, 0.29) is 36.1 Å². The Morgan fingerprint density at radius 2 is 1.81 bits per heavy atom. The molecule has 1 saturated heterocycles. The van der Waals surface area contributed by atoms with Gasteiger partial charge in [0.25, 0.3) is 0 Å². The van der Waals surface area contributed by atoms with Gasteiger partial charge in [-0.05, 0) is 43.5 Å². The van der Waals surface area contributed by atoms with Gasteiger partial charge in [-0.1, -0.05) is 0 Å². The molecule has 2 aliphatic rings. The van der Waals surface area contributed by atoms with Gasteiger partial charge in [0, 0.05) is 24.8 Å². The summed E-state index contributed by atoms with van der Waals surface area (Å²) >= 11 is 0. The van der Waals surface area contributed by atoms with Crippen LogP contribution in [0, 0.1) is 0 Å². The Kier molecular flexibility index (Phi) is 5.72. The standard InChI is InChI=1S/C16H19F2N3O5S/c17-16(18)26-12-7-8-21(9-12)15(23)14(22)19-10-3-5-13(6-4-10)27(24,25)20-11-1-2-11/h3-6,11-12,16,20H,1-2,7-9H2,(H,19,22)/t12-/m0/s1. The van der Waals surface area contributed by atoms with Gasteiger partial charge >= 0.3 is 18.4 Å². The van der Waals surface area contributed by atoms with Gasteiger partial charge in [-0.3, -0.25) is 9.59 Å². The summed E-state index contributed by atoms with van der Waals surface area (Å²) in [6.07, 6.45) is 1.05. The zero-order valence-corrected chi connectivity index (χ0v) is 15.0. The lowest BCUT2D eigenvalue weighted by molar-refractivity contribution is -0.160. The molecular weight excluding hydrogens is 384 g/mol. The van der Waals surface area contributed by atoms with Crippen LogP contribution >= 0.6 is 0 Å². The highest BCUT2D eigenvalue weighted by atomic mass is 32.2. The van der Waals surface area contributed by atoms with E-state index in [2.05, 4.69) is 14.8 Å². The van der Waals surface area contributed by atoms with Crippen LogP contribution in [0.2, 0.25) is 0 Å². The molecule has 0 bridgehead atoms. The maximum Gasteiger partial charge on any atom is 0.345 e. The second kappa shape index (κ2) is 7.87. The van der Waals surface area contributed by atoms with Crippen molar-refractivity contribution in [2.24, 2.45) is 0 Å². The molecule has 1 saturated carbocycles. The van der Waals surface area contributed by atoms with E-state index in [1.165, 1.54) is 24.3 Å². The fourth-order valence-corrected chi connectivity index (χ4v) is 4.01. The molecule has 1 aliphatic carbocycles. The maximum absolute atomic E-state index is 12.2. The summed E-state index contributed by atoms with van der Waals surface area (Å²) in [5.74, 6) is -1.79. The molecule has 2 N–H and O–H groups in total. The van der Waals surface area contributed by atoms with Crippen molar-refractivity contribution in [3.8, 4) is 0 Å². The van der Waals surface area contributed by atoms with Crippen molar-refractivity contribution in [3.05, 3.63) is 24.3 Å². The second-order valence-corrected chi connectivity index (χ2v) is 8.15. The van der Waals surface area contributed by atoms with Crippen LogP contribution < -0.4 is 10.0 Å². The van der Waals surface area contributed by atoms with Crippen molar-refractivity contribution in [2.45, 2.75) is 42.9 Å². The van der Waals surface area contributed by atoms with E-state index < -0.39 is 34.6 Å². The fraction of sp³-hybridized carbons (Fsp3) is 0.500. The topological polar surface area (TPSA) is 105 Å². The third-order valence-corrected chi connectivity index (χ3v) is 5.78. The number of nitrogens with one attached hydrogen (secondary N) is 2. The van der Waals surface area contributed by atoms with Crippen LogP contribution in [0.25, 0.3) is 0 Å². The number of anilines is 1. The minimum Gasteiger partial charge on any atom is -0.332 e. The lowest BCUT2D eigenvalue weighted by atomic mass is 10.3. The molecule has 2 amide bonds. The molecule has 3 rings (SSSR count). The number of likely N-dealkylation sites (tertiary alicyclic amines) is 1. The third kappa shape index (κ3) is 5.21. The molecule has 1 atom stereocenters. The van der Waals surface area contributed by atoms with Gasteiger partial charge in [-0.25, -0.2) is 13.1 Å². The van der Waals surface area contributed by atoms with Gasteiger partial charge in [0.1, 0.15) is 0 Å². The van der Waals surface area contributed by atoms with E-state index >= 15 is 0 Å². The average molecular weight is 403 g/mol. The molecule has 0 spiro atoms. The van der Waals surface area contributed by atoms with E-state index in [4.69, 9.17) is 0 Å². The maximum atomic E-state index is 12.2. The summed E-state index contributed by atoms with van der Waals surface area (Å²) in [6.45, 7) is -2.86. The zero-order valence-electron chi connectivity index (χ0n) is 14.2. The summed E-state index contributed by atoms with van der Waals surface area (Å²) < 4.78 is 55.4. The summed E-state index contributed by atoms with van der Waals surface area (Å²) in [5.41, 5.74) is 0.248. The van der Waals surface area contributed by atoms with Gasteiger partial charge in [-0.15, -0.1) is 0 Å². The van der Waals surface area contributed by atoms with Gasteiger partial charge < -0.3 is 15.0 Å². The summed E-state index contributed by atoms with van der Waals surface area (Å²) in [6, 6.07) is 5.38. The Labute approximate surface area is 154 Å². The Hall–Kier alpha value is -2.11. The zero-order chi connectivity index (χ0) is 19.6. The highest BCUT2D eigenvalue weighted by Gasteiger charge is 2.32. The Morgan fingerprint density at radius 1 is 1.15 bits per heavy atom. The number of alkyl halides is 2. The number of hydrogen-bond donors (Lipinski definition) is 2. The first-order valence-corrected chi connectivity index (χ1v) is 9.89. The molecule has 148 valence electrons. The van der Waals surface area contributed by atoms with E-state index in [0.29, 0.717) is 0 Å². The molecule has 8 nitrogen and oxygen atoms in total. The Bertz CT molecular complexity index is 812. The quantitative estimate of drug-likeness (QED) is 0.687. The number of benzene rings is 1. The van der Waals surface area contributed by atoms with Crippen molar-refractivity contribution in [3.63, 3.8) is 0 Å². The number of hydrogen-bond acceptors (Lipinski definition) is 5. The molecule has 1 aliphatic heterocycles. The number of carbonyl (C=O) groups is 2. The van der Waals surface area contributed by atoms with Crippen LogP contribution in [0.4, 0.5) is 14.5 Å². The van der Waals surface area contributed by atoms with Gasteiger partial charge in [0.2, 0.25) is 10.0 Å². The Morgan fingerprint density at radius 3 is 2.41 bits per heavy atom. The molecule has 0 radical (unpaired) electrons. The van der Waals surface area contributed by atoms with Gasteiger partial charge in [-0.2, -0.15) is 8.78 Å². The minimum atomic E-state index is -3.60. The van der Waals surface area contributed by atoms with E-state index in [1.807, 2.05) is 0 Å². The highest BCUT2D eigenvalue weighted by Crippen LogP contribution is 2.23. The number of ether oxygens (including phenoxy) is 1. The lowest BCUT2D eigenvalue weighted by Gasteiger charge is -2.16. The normalized spacial score (nSPS) is 20.1. The molecular formula is C16H19F2N3O5S. The minimum absolute atomic E-state index is 0.0228. The van der Waals surface area contributed by atoms with E-state index in [9.17, 15) is 26.8 Å². The predicted octanol–water partition coefficient (Wildman–Crippen LogP) is 0.906. The van der Waals surface area contributed by atoms with E-state index in [0.717, 1.165) is 17.7 Å². The number of amides is 2. The summed E-state index contributed by atoms with van der Waals surface area (Å²) in [5, 5.41) is 2.37. The number of rotatable bonds is 6. The van der Waals surface area contributed by atoms with Crippen molar-refractivity contribution < 1.29 is 31.5 Å². The van der Waals surface area contributed by atoms with Crippen LogP contribution in [0.5, 0.6) is 0 Å². The smallest absolute Gasteiger partial charge is 0.332 e. The Balaban J connectivity index is 1.55. The first kappa shape index (κ1) is 19.6. The third-order valence-electron chi connectivity index (χ3n) is 4.24. The highest BCUT2D eigenvalue weighted by molar-refractivity contribution is 7.89. The van der Waals surface area contributed by atoms with Crippen LogP contribution in [0.3, 0.4) is 0 Å². The largest absolute Gasteiger partial charge is 0.345 e. The molecule has 11 heteroatoms. The average Bonchev–Trinajstić information content (AvgIpc) is 3.28.